The molecular weight excluding hydrogens is 476 g/mol. The Morgan fingerprint density at radius 1 is 0.718 bits per heavy atom. The van der Waals surface area contributed by atoms with Crippen molar-refractivity contribution < 1.29 is 4.42 Å². The average molecular weight is 511 g/mol. The third-order valence-electron chi connectivity index (χ3n) is 6.88. The summed E-state index contributed by atoms with van der Waals surface area (Å²) >= 11 is 0. The molecule has 0 bridgehead atoms. The zero-order chi connectivity index (χ0) is 27.4. The molecule has 3 nitrogen and oxygen atoms in total. The Bertz CT molecular complexity index is 1550. The molecule has 0 amide bonds. The molecule has 0 radical (unpaired) electrons. The number of aromatic nitrogens is 1. The first-order valence-corrected chi connectivity index (χ1v) is 13.2. The predicted octanol–water partition coefficient (Wildman–Crippen LogP) is 9.91. The van der Waals surface area contributed by atoms with Crippen LogP contribution in [0.5, 0.6) is 0 Å². The highest BCUT2D eigenvalue weighted by atomic mass is 16.4. The molecule has 0 aliphatic carbocycles. The molecule has 5 aromatic rings. The summed E-state index contributed by atoms with van der Waals surface area (Å²) in [5.41, 5.74) is 9.01. The maximum absolute atomic E-state index is 6.52. The van der Waals surface area contributed by atoms with Crippen molar-refractivity contribution in [3.05, 3.63) is 133 Å². The van der Waals surface area contributed by atoms with E-state index >= 15 is 0 Å². The number of oxazole rings is 1. The molecule has 0 atom stereocenters. The van der Waals surface area contributed by atoms with E-state index in [1.807, 2.05) is 48.5 Å². The van der Waals surface area contributed by atoms with E-state index in [9.17, 15) is 0 Å². The summed E-state index contributed by atoms with van der Waals surface area (Å²) in [6.45, 7) is 15.6. The Balaban J connectivity index is 1.51. The van der Waals surface area contributed by atoms with E-state index < -0.39 is 0 Å². The number of benzene rings is 4. The van der Waals surface area contributed by atoms with E-state index in [2.05, 4.69) is 99.9 Å². The summed E-state index contributed by atoms with van der Waals surface area (Å²) in [5, 5.41) is 3.52. The van der Waals surface area contributed by atoms with Crippen LogP contribution in [0.25, 0.3) is 45.2 Å². The minimum Gasteiger partial charge on any atom is -0.435 e. The molecule has 0 aliphatic heterocycles. The molecular formula is C36H34N2O. The number of hydrogen-bond acceptors (Lipinski definition) is 3. The number of hydrogen-bond donors (Lipinski definition) is 1. The van der Waals surface area contributed by atoms with Crippen molar-refractivity contribution in [2.75, 3.05) is 11.9 Å². The summed E-state index contributed by atoms with van der Waals surface area (Å²) in [7, 11) is 0. The lowest BCUT2D eigenvalue weighted by Crippen LogP contribution is -2.15. The highest BCUT2D eigenvalue weighted by Crippen LogP contribution is 2.39. The van der Waals surface area contributed by atoms with Crippen molar-refractivity contribution >= 4 is 5.69 Å². The van der Waals surface area contributed by atoms with Gasteiger partial charge >= 0.3 is 0 Å². The fourth-order valence-corrected chi connectivity index (χ4v) is 4.58. The second kappa shape index (κ2) is 11.0. The third-order valence-corrected chi connectivity index (χ3v) is 6.88. The fourth-order valence-electron chi connectivity index (χ4n) is 4.58. The SMILES string of the molecule is C=C(CNc1cccc(-c2ccccc2-c2nc(-c3ccccc3)c(-c3ccccc3)o2)c1)C(=C)C(C)(C)C. The van der Waals surface area contributed by atoms with E-state index in [-0.39, 0.29) is 5.41 Å². The largest absolute Gasteiger partial charge is 0.435 e. The Morgan fingerprint density at radius 3 is 1.97 bits per heavy atom. The fraction of sp³-hybridized carbons (Fsp3) is 0.139. The van der Waals surface area contributed by atoms with E-state index in [0.29, 0.717) is 12.4 Å². The summed E-state index contributed by atoms with van der Waals surface area (Å²) in [6, 6.07) is 37.0. The molecule has 1 N–H and O–H groups in total. The zero-order valence-electron chi connectivity index (χ0n) is 22.9. The smallest absolute Gasteiger partial charge is 0.227 e. The van der Waals surface area contributed by atoms with Crippen LogP contribution in [-0.2, 0) is 0 Å². The molecule has 0 saturated carbocycles. The minimum atomic E-state index is -0.00714. The molecule has 1 heterocycles. The van der Waals surface area contributed by atoms with Gasteiger partial charge in [-0.05, 0) is 45.9 Å². The van der Waals surface area contributed by atoms with E-state index in [0.717, 1.165) is 56.1 Å². The normalized spacial score (nSPS) is 11.3. The molecule has 0 unspecified atom stereocenters. The average Bonchev–Trinajstić information content (AvgIpc) is 3.42. The summed E-state index contributed by atoms with van der Waals surface area (Å²) in [6.07, 6.45) is 0. The molecule has 0 fully saturated rings. The van der Waals surface area contributed by atoms with Gasteiger partial charge in [-0.15, -0.1) is 0 Å². The van der Waals surface area contributed by atoms with Crippen LogP contribution in [0.1, 0.15) is 20.8 Å². The molecule has 5 rings (SSSR count). The Morgan fingerprint density at radius 2 is 1.31 bits per heavy atom. The van der Waals surface area contributed by atoms with Gasteiger partial charge in [-0.2, -0.15) is 0 Å². The Hall–Kier alpha value is -4.63. The van der Waals surface area contributed by atoms with Crippen molar-refractivity contribution in [2.45, 2.75) is 20.8 Å². The lowest BCUT2D eigenvalue weighted by molar-refractivity contribution is 0.512. The van der Waals surface area contributed by atoms with Crippen LogP contribution in [0.3, 0.4) is 0 Å². The number of nitrogens with zero attached hydrogens (tertiary/aromatic N) is 1. The number of rotatable bonds is 8. The van der Waals surface area contributed by atoms with E-state index in [1.165, 1.54) is 0 Å². The number of anilines is 1. The van der Waals surface area contributed by atoms with Gasteiger partial charge in [0.15, 0.2) is 5.76 Å². The van der Waals surface area contributed by atoms with Crippen molar-refractivity contribution in [2.24, 2.45) is 5.41 Å². The van der Waals surface area contributed by atoms with Gasteiger partial charge in [0.1, 0.15) is 5.69 Å². The molecule has 4 aromatic carbocycles. The standard InChI is InChI=1S/C36H34N2O/c1-25(26(2)36(3,4)5)24-37-30-20-14-19-29(23-30)31-21-12-13-22-32(31)35-38-33(27-15-8-6-9-16-27)34(39-35)28-17-10-7-11-18-28/h6-23,37H,1-2,24H2,3-5H3. The first kappa shape index (κ1) is 26.0. The van der Waals surface area contributed by atoms with Gasteiger partial charge < -0.3 is 9.73 Å². The molecule has 0 aliphatic rings. The molecule has 1 aromatic heterocycles. The molecule has 0 saturated heterocycles. The van der Waals surface area contributed by atoms with Crippen LogP contribution < -0.4 is 5.32 Å². The summed E-state index contributed by atoms with van der Waals surface area (Å²) in [4.78, 5) is 5.03. The van der Waals surface area contributed by atoms with Gasteiger partial charge in [0.2, 0.25) is 5.89 Å². The summed E-state index contributed by atoms with van der Waals surface area (Å²) < 4.78 is 6.52. The van der Waals surface area contributed by atoms with Gasteiger partial charge in [0.25, 0.3) is 0 Å². The quantitative estimate of drug-likeness (QED) is 0.211. The maximum Gasteiger partial charge on any atom is 0.227 e. The number of nitrogens with one attached hydrogen (secondary N) is 1. The van der Waals surface area contributed by atoms with Gasteiger partial charge in [-0.25, -0.2) is 4.98 Å². The molecule has 3 heteroatoms. The first-order valence-electron chi connectivity index (χ1n) is 13.2. The molecule has 194 valence electrons. The molecule has 0 spiro atoms. The van der Waals surface area contributed by atoms with E-state index in [4.69, 9.17) is 9.40 Å². The second-order valence-electron chi connectivity index (χ2n) is 10.7. The Kier molecular flexibility index (Phi) is 7.33. The minimum absolute atomic E-state index is 0.00714. The lowest BCUT2D eigenvalue weighted by Gasteiger charge is -2.24. The van der Waals surface area contributed by atoms with Gasteiger partial charge in [-0.3, -0.25) is 0 Å². The van der Waals surface area contributed by atoms with Crippen LogP contribution in [0, 0.1) is 5.41 Å². The highest BCUT2D eigenvalue weighted by molar-refractivity contribution is 5.85. The van der Waals surface area contributed by atoms with Crippen LogP contribution in [0.4, 0.5) is 5.69 Å². The zero-order valence-corrected chi connectivity index (χ0v) is 22.9. The predicted molar refractivity (Wildman–Crippen MR) is 164 cm³/mol. The topological polar surface area (TPSA) is 38.1 Å². The highest BCUT2D eigenvalue weighted by Gasteiger charge is 2.20. The van der Waals surface area contributed by atoms with E-state index in [1.54, 1.807) is 0 Å². The lowest BCUT2D eigenvalue weighted by atomic mass is 9.83. The van der Waals surface area contributed by atoms with Crippen molar-refractivity contribution in [1.29, 1.82) is 0 Å². The maximum atomic E-state index is 6.52. The second-order valence-corrected chi connectivity index (χ2v) is 10.7. The van der Waals surface area contributed by atoms with Gasteiger partial charge in [0.05, 0.1) is 0 Å². The van der Waals surface area contributed by atoms with Gasteiger partial charge in [-0.1, -0.05) is 125 Å². The first-order chi connectivity index (χ1) is 18.8. The van der Waals surface area contributed by atoms with Crippen LogP contribution in [0.2, 0.25) is 0 Å². The summed E-state index contributed by atoms with van der Waals surface area (Å²) in [5.74, 6) is 1.36. The van der Waals surface area contributed by atoms with Crippen molar-refractivity contribution in [3.8, 4) is 45.2 Å². The van der Waals surface area contributed by atoms with Crippen molar-refractivity contribution in [3.63, 3.8) is 0 Å². The Labute approximate surface area is 231 Å². The van der Waals surface area contributed by atoms with Crippen LogP contribution in [-0.4, -0.2) is 11.5 Å². The van der Waals surface area contributed by atoms with Crippen molar-refractivity contribution in [1.82, 2.24) is 4.98 Å². The van der Waals surface area contributed by atoms with Crippen LogP contribution >= 0.6 is 0 Å². The molecule has 39 heavy (non-hydrogen) atoms. The van der Waals surface area contributed by atoms with Crippen LogP contribution in [0.15, 0.2) is 138 Å². The monoisotopic (exact) mass is 510 g/mol. The van der Waals surface area contributed by atoms with Gasteiger partial charge in [0, 0.05) is 28.9 Å². The third kappa shape index (κ3) is 5.78.